The van der Waals surface area contributed by atoms with Gasteiger partial charge in [-0.3, -0.25) is 0 Å². The van der Waals surface area contributed by atoms with Gasteiger partial charge in [-0.2, -0.15) is 0 Å². The predicted octanol–water partition coefficient (Wildman–Crippen LogP) is 1.86. The van der Waals surface area contributed by atoms with Gasteiger partial charge in [0.15, 0.2) is 0 Å². The molecule has 0 heterocycles. The quantitative estimate of drug-likeness (QED) is 0.729. The normalized spacial score (nSPS) is 11.3. The number of halogens is 1. The zero-order valence-corrected chi connectivity index (χ0v) is 14.6. The Balaban J connectivity index is 2.43. The van der Waals surface area contributed by atoms with Crippen LogP contribution >= 0.6 is 0 Å². The number of hydrogen-bond acceptors (Lipinski definition) is 0. The molecule has 0 unspecified atom stereocenters. The SMILES string of the molecule is Cc1ccc([I-]c2c(C)cccc2C(C)C)c(C)c1. The van der Waals surface area contributed by atoms with Crippen LogP contribution in [0.15, 0.2) is 36.4 Å². The fourth-order valence-corrected chi connectivity index (χ4v) is 5.49. The first kappa shape index (κ1) is 14.6. The Hall–Kier alpha value is -0.830. The van der Waals surface area contributed by atoms with Crippen LogP contribution in [0.25, 0.3) is 0 Å². The first-order valence-electron chi connectivity index (χ1n) is 6.80. The molecule has 0 radical (unpaired) electrons. The number of aryl methyl sites for hydroxylation is 3. The van der Waals surface area contributed by atoms with Crippen LogP contribution in [0.1, 0.15) is 42.0 Å². The summed E-state index contributed by atoms with van der Waals surface area (Å²) in [7, 11) is 0. The average molecular weight is 365 g/mol. The van der Waals surface area contributed by atoms with Gasteiger partial charge >= 0.3 is 128 Å². The Kier molecular flexibility index (Phi) is 4.67. The second kappa shape index (κ2) is 6.08. The Morgan fingerprint density at radius 2 is 1.63 bits per heavy atom. The molecule has 102 valence electrons. The van der Waals surface area contributed by atoms with Gasteiger partial charge in [0.1, 0.15) is 0 Å². The third-order valence-corrected chi connectivity index (χ3v) is 7.16. The molecule has 0 aliphatic carbocycles. The maximum absolute atomic E-state index is 2.33. The van der Waals surface area contributed by atoms with E-state index in [-0.39, 0.29) is 21.2 Å². The summed E-state index contributed by atoms with van der Waals surface area (Å²) in [5.74, 6) is 0.611. The minimum absolute atomic E-state index is 0.0828. The molecular formula is C18H22I-. The zero-order valence-electron chi connectivity index (χ0n) is 12.4. The fourth-order valence-electron chi connectivity index (χ4n) is 2.25. The molecule has 19 heavy (non-hydrogen) atoms. The Bertz CT molecular complexity index is 582. The average Bonchev–Trinajstić information content (AvgIpc) is 2.34. The summed E-state index contributed by atoms with van der Waals surface area (Å²) in [4.78, 5) is 0. The molecule has 0 aromatic heterocycles. The van der Waals surface area contributed by atoms with Crippen molar-refractivity contribution in [2.45, 2.75) is 40.5 Å². The van der Waals surface area contributed by atoms with Crippen LogP contribution in [0.2, 0.25) is 0 Å². The number of hydrogen-bond donors (Lipinski definition) is 0. The van der Waals surface area contributed by atoms with Gasteiger partial charge in [-0.15, -0.1) is 0 Å². The molecule has 0 atom stereocenters. The van der Waals surface area contributed by atoms with E-state index in [9.17, 15) is 0 Å². The van der Waals surface area contributed by atoms with Crippen molar-refractivity contribution in [3.05, 3.63) is 65.8 Å². The zero-order chi connectivity index (χ0) is 14.0. The topological polar surface area (TPSA) is 0 Å². The van der Waals surface area contributed by atoms with E-state index in [4.69, 9.17) is 0 Å². The van der Waals surface area contributed by atoms with E-state index in [1.807, 2.05) is 0 Å². The molecule has 0 fully saturated rings. The molecule has 1 heteroatoms. The summed E-state index contributed by atoms with van der Waals surface area (Å²) in [6, 6.07) is 13.6. The van der Waals surface area contributed by atoms with Gasteiger partial charge in [-0.1, -0.05) is 0 Å². The van der Waals surface area contributed by atoms with Gasteiger partial charge in [0.2, 0.25) is 0 Å². The summed E-state index contributed by atoms with van der Waals surface area (Å²) in [5.41, 5.74) is 5.80. The van der Waals surface area contributed by atoms with Crippen LogP contribution in [0.3, 0.4) is 0 Å². The third kappa shape index (κ3) is 3.38. The van der Waals surface area contributed by atoms with Gasteiger partial charge in [0, 0.05) is 0 Å². The van der Waals surface area contributed by atoms with Gasteiger partial charge < -0.3 is 0 Å². The Morgan fingerprint density at radius 3 is 2.26 bits per heavy atom. The summed E-state index contributed by atoms with van der Waals surface area (Å²) >= 11 is -0.0828. The van der Waals surface area contributed by atoms with Crippen LogP contribution in [0, 0.1) is 27.9 Å². The minimum atomic E-state index is -0.0828. The standard InChI is InChI=1S/C18H22I/c1-12(2)16-8-6-7-14(4)18(16)19-17-10-9-13(3)11-15(17)5/h6-12H,1-5H3/q-1. The van der Waals surface area contributed by atoms with Crippen LogP contribution in [0.5, 0.6) is 0 Å². The first-order valence-corrected chi connectivity index (χ1v) is 8.96. The van der Waals surface area contributed by atoms with Crippen molar-refractivity contribution in [3.8, 4) is 0 Å². The van der Waals surface area contributed by atoms with Gasteiger partial charge in [0.05, 0.1) is 0 Å². The van der Waals surface area contributed by atoms with Crippen LogP contribution in [-0.4, -0.2) is 0 Å². The molecule has 0 nitrogen and oxygen atoms in total. The molecule has 0 saturated heterocycles. The van der Waals surface area contributed by atoms with Crippen LogP contribution in [0.4, 0.5) is 0 Å². The van der Waals surface area contributed by atoms with Crippen molar-refractivity contribution in [1.82, 2.24) is 0 Å². The van der Waals surface area contributed by atoms with E-state index in [0.29, 0.717) is 5.92 Å². The van der Waals surface area contributed by atoms with Crippen molar-refractivity contribution in [2.24, 2.45) is 0 Å². The van der Waals surface area contributed by atoms with E-state index in [0.717, 1.165) is 0 Å². The second-order valence-corrected chi connectivity index (χ2v) is 8.26. The van der Waals surface area contributed by atoms with E-state index < -0.39 is 0 Å². The number of rotatable bonds is 3. The van der Waals surface area contributed by atoms with Gasteiger partial charge in [-0.05, 0) is 0 Å². The molecule has 0 aliphatic rings. The summed E-state index contributed by atoms with van der Waals surface area (Å²) < 4.78 is 3.17. The van der Waals surface area contributed by atoms with E-state index in [1.165, 1.54) is 22.3 Å². The molecule has 0 amide bonds. The monoisotopic (exact) mass is 365 g/mol. The molecule has 0 bridgehead atoms. The van der Waals surface area contributed by atoms with Crippen molar-refractivity contribution < 1.29 is 21.2 Å². The van der Waals surface area contributed by atoms with E-state index in [1.54, 1.807) is 7.14 Å². The first-order chi connectivity index (χ1) is 8.99. The van der Waals surface area contributed by atoms with Crippen molar-refractivity contribution >= 4 is 0 Å². The fraction of sp³-hybridized carbons (Fsp3) is 0.333. The Morgan fingerprint density at radius 1 is 0.895 bits per heavy atom. The second-order valence-electron chi connectivity index (χ2n) is 5.48. The van der Waals surface area contributed by atoms with E-state index >= 15 is 0 Å². The molecule has 0 N–H and O–H groups in total. The number of benzene rings is 2. The van der Waals surface area contributed by atoms with Gasteiger partial charge in [0.25, 0.3) is 0 Å². The molecule has 2 aromatic carbocycles. The molecule has 0 saturated carbocycles. The van der Waals surface area contributed by atoms with Crippen LogP contribution in [-0.2, 0) is 0 Å². The maximum atomic E-state index is 2.33. The summed E-state index contributed by atoms with van der Waals surface area (Å²) in [6.07, 6.45) is 0. The predicted molar refractivity (Wildman–Crippen MR) is 78.6 cm³/mol. The molecular weight excluding hydrogens is 343 g/mol. The molecule has 2 rings (SSSR count). The van der Waals surface area contributed by atoms with E-state index in [2.05, 4.69) is 71.0 Å². The van der Waals surface area contributed by atoms with Crippen molar-refractivity contribution in [2.75, 3.05) is 0 Å². The van der Waals surface area contributed by atoms with Crippen LogP contribution < -0.4 is 21.2 Å². The van der Waals surface area contributed by atoms with Crippen molar-refractivity contribution in [1.29, 1.82) is 0 Å². The summed E-state index contributed by atoms with van der Waals surface area (Å²) in [5, 5.41) is 0. The molecule has 0 spiro atoms. The van der Waals surface area contributed by atoms with Crippen molar-refractivity contribution in [3.63, 3.8) is 0 Å². The Labute approximate surface area is 127 Å². The summed E-state index contributed by atoms with van der Waals surface area (Å²) in [6.45, 7) is 11.3. The third-order valence-electron chi connectivity index (χ3n) is 3.35. The molecule has 0 aliphatic heterocycles. The van der Waals surface area contributed by atoms with Gasteiger partial charge in [-0.25, -0.2) is 0 Å². The molecule has 2 aromatic rings.